The number of ether oxygens (including phenoxy) is 1. The summed E-state index contributed by atoms with van der Waals surface area (Å²) in [5.74, 6) is -0.262. The number of carbonyl (C=O) groups is 1. The fourth-order valence-electron chi connectivity index (χ4n) is 1.19. The first-order valence-electron chi connectivity index (χ1n) is 5.03. The van der Waals surface area contributed by atoms with Crippen LogP contribution in [0.5, 0.6) is 5.75 Å². The van der Waals surface area contributed by atoms with Crippen LogP contribution in [0.4, 0.5) is 5.69 Å². The van der Waals surface area contributed by atoms with Gasteiger partial charge in [-0.2, -0.15) is 0 Å². The number of carbonyl (C=O) groups excluding carboxylic acids is 1. The standard InChI is InChI=1S/C12H15NO3/c1-3-16-12(15)8-9(2)13-10-6-4-5-7-11(10)14/h4-8,13-14H,3H2,1-2H3. The van der Waals surface area contributed by atoms with Crippen LogP contribution in [0.1, 0.15) is 13.8 Å². The number of anilines is 1. The molecule has 0 saturated heterocycles. The zero-order valence-electron chi connectivity index (χ0n) is 9.36. The second kappa shape index (κ2) is 5.80. The second-order valence-corrected chi connectivity index (χ2v) is 3.22. The molecular weight excluding hydrogens is 206 g/mol. The minimum absolute atomic E-state index is 0.138. The largest absolute Gasteiger partial charge is 0.506 e. The van der Waals surface area contributed by atoms with Gasteiger partial charge in [0.05, 0.1) is 12.3 Å². The third kappa shape index (κ3) is 3.65. The van der Waals surface area contributed by atoms with E-state index in [9.17, 15) is 9.90 Å². The first-order valence-corrected chi connectivity index (χ1v) is 5.03. The number of esters is 1. The van der Waals surface area contributed by atoms with Gasteiger partial charge in [-0.05, 0) is 26.0 Å². The number of rotatable bonds is 4. The summed E-state index contributed by atoms with van der Waals surface area (Å²) in [6, 6.07) is 6.81. The maximum absolute atomic E-state index is 11.1. The highest BCUT2D eigenvalue weighted by Gasteiger charge is 2.01. The lowest BCUT2D eigenvalue weighted by molar-refractivity contribution is -0.137. The van der Waals surface area contributed by atoms with Crippen molar-refractivity contribution in [1.82, 2.24) is 0 Å². The lowest BCUT2D eigenvalue weighted by Gasteiger charge is -2.07. The molecule has 1 aromatic carbocycles. The topological polar surface area (TPSA) is 58.6 Å². The van der Waals surface area contributed by atoms with E-state index >= 15 is 0 Å². The van der Waals surface area contributed by atoms with Gasteiger partial charge in [0.2, 0.25) is 0 Å². The van der Waals surface area contributed by atoms with Gasteiger partial charge in [-0.15, -0.1) is 0 Å². The zero-order valence-corrected chi connectivity index (χ0v) is 9.36. The molecule has 0 unspecified atom stereocenters. The van der Waals surface area contributed by atoms with Crippen LogP contribution in [0.25, 0.3) is 0 Å². The highest BCUT2D eigenvalue weighted by molar-refractivity contribution is 5.83. The van der Waals surface area contributed by atoms with E-state index in [1.165, 1.54) is 6.08 Å². The number of phenolic OH excluding ortho intramolecular Hbond substituents is 1. The molecule has 1 aromatic rings. The minimum atomic E-state index is -0.400. The summed E-state index contributed by atoms with van der Waals surface area (Å²) in [7, 11) is 0. The van der Waals surface area contributed by atoms with Gasteiger partial charge in [0.15, 0.2) is 0 Å². The maximum Gasteiger partial charge on any atom is 0.332 e. The van der Waals surface area contributed by atoms with Crippen molar-refractivity contribution in [2.45, 2.75) is 13.8 Å². The van der Waals surface area contributed by atoms with Crippen LogP contribution >= 0.6 is 0 Å². The lowest BCUT2D eigenvalue weighted by atomic mass is 10.3. The third-order valence-electron chi connectivity index (χ3n) is 1.86. The summed E-state index contributed by atoms with van der Waals surface area (Å²) in [5.41, 5.74) is 1.17. The number of allylic oxidation sites excluding steroid dienone is 1. The van der Waals surface area contributed by atoms with Crippen LogP contribution in [0.2, 0.25) is 0 Å². The van der Waals surface area contributed by atoms with Gasteiger partial charge in [-0.3, -0.25) is 0 Å². The molecule has 0 fully saturated rings. The van der Waals surface area contributed by atoms with E-state index in [0.29, 0.717) is 18.0 Å². The number of aromatic hydroxyl groups is 1. The van der Waals surface area contributed by atoms with Crippen molar-refractivity contribution in [2.75, 3.05) is 11.9 Å². The normalized spacial score (nSPS) is 11.0. The summed E-state index contributed by atoms with van der Waals surface area (Å²) in [6.45, 7) is 3.82. The summed E-state index contributed by atoms with van der Waals surface area (Å²) < 4.78 is 4.76. The van der Waals surface area contributed by atoms with E-state index in [2.05, 4.69) is 5.32 Å². The fraction of sp³-hybridized carbons (Fsp3) is 0.250. The Bertz CT molecular complexity index is 399. The van der Waals surface area contributed by atoms with Crippen molar-refractivity contribution in [2.24, 2.45) is 0 Å². The smallest absolute Gasteiger partial charge is 0.332 e. The predicted octanol–water partition coefficient (Wildman–Crippen LogP) is 2.27. The molecule has 0 atom stereocenters. The van der Waals surface area contributed by atoms with Gasteiger partial charge in [0, 0.05) is 11.8 Å². The van der Waals surface area contributed by atoms with Gasteiger partial charge >= 0.3 is 5.97 Å². The Hall–Kier alpha value is -1.97. The molecule has 4 heteroatoms. The molecule has 0 aromatic heterocycles. The molecule has 0 spiro atoms. The van der Waals surface area contributed by atoms with Gasteiger partial charge in [-0.25, -0.2) is 4.79 Å². The Morgan fingerprint density at radius 1 is 1.50 bits per heavy atom. The Morgan fingerprint density at radius 2 is 2.19 bits per heavy atom. The molecular formula is C12H15NO3. The van der Waals surface area contributed by atoms with Gasteiger partial charge < -0.3 is 15.2 Å². The van der Waals surface area contributed by atoms with Crippen molar-refractivity contribution in [3.05, 3.63) is 36.0 Å². The van der Waals surface area contributed by atoms with Gasteiger partial charge in [0.25, 0.3) is 0 Å². The first kappa shape index (κ1) is 12.1. The van der Waals surface area contributed by atoms with Crippen LogP contribution in [0.3, 0.4) is 0 Å². The highest BCUT2D eigenvalue weighted by atomic mass is 16.5. The van der Waals surface area contributed by atoms with E-state index < -0.39 is 5.97 Å². The average Bonchev–Trinajstić information content (AvgIpc) is 2.21. The summed E-state index contributed by atoms with van der Waals surface area (Å²) >= 11 is 0. The molecule has 0 bridgehead atoms. The van der Waals surface area contributed by atoms with E-state index in [4.69, 9.17) is 4.74 Å². The molecule has 2 N–H and O–H groups in total. The van der Waals surface area contributed by atoms with E-state index in [1.807, 2.05) is 0 Å². The molecule has 1 rings (SSSR count). The van der Waals surface area contributed by atoms with E-state index in [1.54, 1.807) is 38.1 Å². The molecule has 16 heavy (non-hydrogen) atoms. The van der Waals surface area contributed by atoms with Crippen LogP contribution < -0.4 is 5.32 Å². The van der Waals surface area contributed by atoms with Crippen LogP contribution in [-0.2, 0) is 9.53 Å². The quantitative estimate of drug-likeness (QED) is 0.465. The van der Waals surface area contributed by atoms with E-state index in [0.717, 1.165) is 0 Å². The van der Waals surface area contributed by atoms with E-state index in [-0.39, 0.29) is 5.75 Å². The Kier molecular flexibility index (Phi) is 4.39. The third-order valence-corrected chi connectivity index (χ3v) is 1.86. The molecule has 0 aliphatic carbocycles. The van der Waals surface area contributed by atoms with Gasteiger partial charge in [0.1, 0.15) is 5.75 Å². The SMILES string of the molecule is CCOC(=O)C=C(C)Nc1ccccc1O. The van der Waals surface area contributed by atoms with Crippen LogP contribution in [0, 0.1) is 0 Å². The van der Waals surface area contributed by atoms with Crippen molar-refractivity contribution < 1.29 is 14.6 Å². The van der Waals surface area contributed by atoms with Gasteiger partial charge in [-0.1, -0.05) is 12.1 Å². The Labute approximate surface area is 94.6 Å². The summed E-state index contributed by atoms with van der Waals surface area (Å²) in [5, 5.41) is 12.4. The number of benzene rings is 1. The average molecular weight is 221 g/mol. The molecule has 0 heterocycles. The Balaban J connectivity index is 2.67. The lowest BCUT2D eigenvalue weighted by Crippen LogP contribution is -2.04. The second-order valence-electron chi connectivity index (χ2n) is 3.22. The molecule has 4 nitrogen and oxygen atoms in total. The molecule has 0 aliphatic heterocycles. The number of hydrogen-bond acceptors (Lipinski definition) is 4. The number of para-hydroxylation sites is 2. The van der Waals surface area contributed by atoms with Crippen LogP contribution in [0.15, 0.2) is 36.0 Å². The highest BCUT2D eigenvalue weighted by Crippen LogP contribution is 2.22. The number of hydrogen-bond donors (Lipinski definition) is 2. The maximum atomic E-state index is 11.1. The zero-order chi connectivity index (χ0) is 12.0. The number of nitrogens with one attached hydrogen (secondary N) is 1. The van der Waals surface area contributed by atoms with Crippen LogP contribution in [-0.4, -0.2) is 17.7 Å². The Morgan fingerprint density at radius 3 is 2.81 bits per heavy atom. The molecule has 0 radical (unpaired) electrons. The summed E-state index contributed by atoms with van der Waals surface area (Å²) in [4.78, 5) is 11.1. The molecule has 0 aliphatic rings. The predicted molar refractivity (Wildman–Crippen MR) is 62.1 cm³/mol. The van der Waals surface area contributed by atoms with Crippen molar-refractivity contribution >= 4 is 11.7 Å². The fourth-order valence-corrected chi connectivity index (χ4v) is 1.19. The summed E-state index contributed by atoms with van der Waals surface area (Å²) in [6.07, 6.45) is 1.34. The van der Waals surface area contributed by atoms with Crippen molar-refractivity contribution in [1.29, 1.82) is 0 Å². The van der Waals surface area contributed by atoms with Crippen molar-refractivity contribution in [3.63, 3.8) is 0 Å². The molecule has 0 saturated carbocycles. The van der Waals surface area contributed by atoms with Crippen molar-refractivity contribution in [3.8, 4) is 5.75 Å². The minimum Gasteiger partial charge on any atom is -0.506 e. The molecule has 86 valence electrons. The first-order chi connectivity index (χ1) is 7.63. The monoisotopic (exact) mass is 221 g/mol. The molecule has 0 amide bonds. The number of phenols is 1.